The minimum Gasteiger partial charge on any atom is -0.386 e. The van der Waals surface area contributed by atoms with Gasteiger partial charge in [0.15, 0.2) is 5.78 Å². The number of nitrogens with two attached hydrogens (primary N) is 1. The molecule has 43 heavy (non-hydrogen) atoms. The van der Waals surface area contributed by atoms with Gasteiger partial charge in [0.05, 0.1) is 29.6 Å². The van der Waals surface area contributed by atoms with E-state index < -0.39 is 59.8 Å². The number of aliphatic hydroxyl groups is 1. The average Bonchev–Trinajstić information content (AvgIpc) is 3.57. The van der Waals surface area contributed by atoms with Crippen molar-refractivity contribution in [3.05, 3.63) is 106 Å². The maximum Gasteiger partial charge on any atom is 0.282 e. The Hall–Kier alpha value is -4.45. The van der Waals surface area contributed by atoms with Crippen molar-refractivity contribution in [3.63, 3.8) is 0 Å². The van der Waals surface area contributed by atoms with E-state index in [0.29, 0.717) is 34.9 Å². The normalized spacial score (nSPS) is 19.3. The number of nitrogens with zero attached hydrogens (tertiary/aromatic N) is 3. The summed E-state index contributed by atoms with van der Waals surface area (Å²) in [5.74, 6) is -5.04. The van der Waals surface area contributed by atoms with Crippen molar-refractivity contribution >= 4 is 11.7 Å². The molecule has 2 heterocycles. The second-order valence-electron chi connectivity index (χ2n) is 11.0. The Labute approximate surface area is 242 Å². The van der Waals surface area contributed by atoms with Crippen molar-refractivity contribution in [2.75, 3.05) is 0 Å². The molecular formula is C31H25F5N4O3. The molecule has 6 rings (SSSR count). The van der Waals surface area contributed by atoms with E-state index in [9.17, 15) is 36.6 Å². The standard InChI is InChI=1S/C31H25F5N4O3/c32-17-7-14(8-18(33)11-17)6-16(26-20(2-1-5-38-26)15-3-4-24(34)23(10-15)31(37)43)9-19(41)13-40-28-25(27(39-40)30(35)36)21-12-22(21)29(28)42/h1-5,7-8,10-11,16,21-22,29-30,42H,6,9,12-13H2,(H2,37,43)/t16-,21?,22?,29?/m1/s1. The number of alkyl halides is 2. The van der Waals surface area contributed by atoms with Gasteiger partial charge in [0, 0.05) is 35.7 Å². The first-order valence-corrected chi connectivity index (χ1v) is 13.6. The number of ketones is 1. The van der Waals surface area contributed by atoms with Gasteiger partial charge in [0.25, 0.3) is 12.3 Å². The summed E-state index contributed by atoms with van der Waals surface area (Å²) in [5.41, 5.74) is 6.41. The van der Waals surface area contributed by atoms with Crippen molar-refractivity contribution in [2.24, 2.45) is 11.7 Å². The predicted molar refractivity (Wildman–Crippen MR) is 144 cm³/mol. The number of amides is 1. The zero-order valence-corrected chi connectivity index (χ0v) is 22.5. The Morgan fingerprint density at radius 3 is 2.49 bits per heavy atom. The van der Waals surface area contributed by atoms with Crippen LogP contribution in [0.5, 0.6) is 0 Å². The summed E-state index contributed by atoms with van der Waals surface area (Å²) in [6.45, 7) is -0.413. The molecule has 4 aromatic rings. The van der Waals surface area contributed by atoms with Gasteiger partial charge in [-0.1, -0.05) is 12.1 Å². The number of fused-ring (bicyclic) bond motifs is 3. The number of carbonyl (C=O) groups is 2. The largest absolute Gasteiger partial charge is 0.386 e. The average molecular weight is 597 g/mol. The molecule has 0 spiro atoms. The van der Waals surface area contributed by atoms with Crippen LogP contribution in [-0.2, 0) is 17.8 Å². The van der Waals surface area contributed by atoms with E-state index >= 15 is 0 Å². The molecule has 1 fully saturated rings. The first-order valence-electron chi connectivity index (χ1n) is 13.6. The number of primary amides is 1. The van der Waals surface area contributed by atoms with Crippen LogP contribution in [0.15, 0.2) is 54.7 Å². The molecule has 0 radical (unpaired) electrons. The van der Waals surface area contributed by atoms with E-state index in [2.05, 4.69) is 10.1 Å². The lowest BCUT2D eigenvalue weighted by Crippen LogP contribution is -2.20. The minimum atomic E-state index is -2.87. The number of hydrogen-bond acceptors (Lipinski definition) is 5. The van der Waals surface area contributed by atoms with Crippen LogP contribution >= 0.6 is 0 Å². The van der Waals surface area contributed by atoms with E-state index in [4.69, 9.17) is 5.73 Å². The summed E-state index contributed by atoms with van der Waals surface area (Å²) < 4.78 is 71.1. The number of pyridine rings is 1. The third-order valence-corrected chi connectivity index (χ3v) is 8.13. The van der Waals surface area contributed by atoms with E-state index in [1.807, 2.05) is 0 Å². The number of hydrogen-bond donors (Lipinski definition) is 2. The lowest BCUT2D eigenvalue weighted by atomic mass is 9.86. The molecule has 0 bridgehead atoms. The van der Waals surface area contributed by atoms with Gasteiger partial charge < -0.3 is 10.8 Å². The van der Waals surface area contributed by atoms with E-state index in [0.717, 1.165) is 22.9 Å². The first-order chi connectivity index (χ1) is 20.5. The van der Waals surface area contributed by atoms with Crippen LogP contribution in [-0.4, -0.2) is 31.6 Å². The topological polar surface area (TPSA) is 111 Å². The molecule has 1 amide bonds. The second kappa shape index (κ2) is 11.0. The minimum absolute atomic E-state index is 0.0411. The Morgan fingerprint density at radius 1 is 1.05 bits per heavy atom. The molecule has 4 atom stereocenters. The molecule has 2 aliphatic rings. The number of aromatic nitrogens is 3. The number of aliphatic hydroxyl groups excluding tert-OH is 1. The summed E-state index contributed by atoms with van der Waals surface area (Å²) in [6.07, 6.45) is -2.11. The Bertz CT molecular complexity index is 1740. The Kier molecular flexibility index (Phi) is 7.33. The van der Waals surface area contributed by atoms with Crippen LogP contribution in [0.25, 0.3) is 11.1 Å². The summed E-state index contributed by atoms with van der Waals surface area (Å²) in [6, 6.07) is 9.95. The van der Waals surface area contributed by atoms with Crippen LogP contribution in [0, 0.1) is 23.4 Å². The molecule has 222 valence electrons. The molecule has 0 aliphatic heterocycles. The third kappa shape index (κ3) is 5.42. The molecule has 12 heteroatoms. The molecule has 2 aromatic heterocycles. The van der Waals surface area contributed by atoms with Gasteiger partial charge in [-0.05, 0) is 66.1 Å². The van der Waals surface area contributed by atoms with Crippen LogP contribution in [0.3, 0.4) is 0 Å². The summed E-state index contributed by atoms with van der Waals surface area (Å²) in [7, 11) is 0. The zero-order chi connectivity index (χ0) is 30.6. The molecule has 3 unspecified atom stereocenters. The van der Waals surface area contributed by atoms with Gasteiger partial charge in [-0.25, -0.2) is 22.0 Å². The van der Waals surface area contributed by atoms with Crippen LogP contribution < -0.4 is 5.73 Å². The first kappa shape index (κ1) is 28.7. The molecule has 2 aromatic carbocycles. The van der Waals surface area contributed by atoms with E-state index in [-0.39, 0.29) is 41.5 Å². The highest BCUT2D eigenvalue weighted by Gasteiger charge is 2.56. The van der Waals surface area contributed by atoms with Crippen LogP contribution in [0.4, 0.5) is 22.0 Å². The monoisotopic (exact) mass is 596 g/mol. The second-order valence-corrected chi connectivity index (χ2v) is 11.0. The fourth-order valence-electron chi connectivity index (χ4n) is 6.23. The Morgan fingerprint density at radius 2 is 1.79 bits per heavy atom. The molecule has 2 aliphatic carbocycles. The Balaban J connectivity index is 1.36. The fraction of sp³-hybridized carbons (Fsp3) is 0.290. The third-order valence-electron chi connectivity index (χ3n) is 8.13. The lowest BCUT2D eigenvalue weighted by molar-refractivity contribution is -0.120. The van der Waals surface area contributed by atoms with Gasteiger partial charge in [-0.15, -0.1) is 0 Å². The highest BCUT2D eigenvalue weighted by molar-refractivity contribution is 5.94. The number of halogens is 5. The van der Waals surface area contributed by atoms with Gasteiger partial charge in [-0.2, -0.15) is 5.10 Å². The van der Waals surface area contributed by atoms with E-state index in [1.54, 1.807) is 12.1 Å². The molecule has 1 saturated carbocycles. The van der Waals surface area contributed by atoms with Crippen molar-refractivity contribution in [1.29, 1.82) is 0 Å². The molecule has 0 saturated heterocycles. The van der Waals surface area contributed by atoms with Crippen molar-refractivity contribution in [3.8, 4) is 11.1 Å². The molecular weight excluding hydrogens is 571 g/mol. The van der Waals surface area contributed by atoms with Crippen molar-refractivity contribution < 1.29 is 36.6 Å². The SMILES string of the molecule is NC(=O)c1cc(-c2cccnc2[C@@H](CC(=O)Cn2nc(C(F)F)c3c2C(O)C2CC32)Cc2cc(F)cc(F)c2)ccc1F. The smallest absolute Gasteiger partial charge is 0.282 e. The fourth-order valence-corrected chi connectivity index (χ4v) is 6.23. The van der Waals surface area contributed by atoms with Crippen LogP contribution in [0.1, 0.15) is 75.8 Å². The summed E-state index contributed by atoms with van der Waals surface area (Å²) in [4.78, 5) is 29.8. The van der Waals surface area contributed by atoms with Gasteiger partial charge in [-0.3, -0.25) is 19.3 Å². The van der Waals surface area contributed by atoms with Gasteiger partial charge >= 0.3 is 0 Å². The highest BCUT2D eigenvalue weighted by atomic mass is 19.3. The van der Waals surface area contributed by atoms with E-state index in [1.165, 1.54) is 18.3 Å². The maximum absolute atomic E-state index is 14.2. The molecule has 3 N–H and O–H groups in total. The number of Topliss-reactive ketones (excluding diaryl/α,β-unsaturated/α-hetero) is 1. The zero-order valence-electron chi connectivity index (χ0n) is 22.5. The summed E-state index contributed by atoms with van der Waals surface area (Å²) in [5, 5.41) is 14.7. The maximum atomic E-state index is 14.2. The van der Waals surface area contributed by atoms with Crippen LogP contribution in [0.2, 0.25) is 0 Å². The highest BCUT2D eigenvalue weighted by Crippen LogP contribution is 2.63. The summed E-state index contributed by atoms with van der Waals surface area (Å²) >= 11 is 0. The molecule has 7 nitrogen and oxygen atoms in total. The number of carbonyl (C=O) groups excluding carboxylic acids is 2. The van der Waals surface area contributed by atoms with Crippen molar-refractivity contribution in [2.45, 2.75) is 50.2 Å². The van der Waals surface area contributed by atoms with Gasteiger partial charge in [0.1, 0.15) is 23.1 Å². The quantitative estimate of drug-likeness (QED) is 0.234. The van der Waals surface area contributed by atoms with Gasteiger partial charge in [0.2, 0.25) is 0 Å². The van der Waals surface area contributed by atoms with Crippen molar-refractivity contribution in [1.82, 2.24) is 14.8 Å². The number of benzene rings is 2. The lowest BCUT2D eigenvalue weighted by Gasteiger charge is -2.20. The number of rotatable bonds is 10. The predicted octanol–water partition coefficient (Wildman–Crippen LogP) is 5.54.